The van der Waals surface area contributed by atoms with Crippen LogP contribution >= 0.6 is 0 Å². The van der Waals surface area contributed by atoms with Crippen molar-refractivity contribution >= 4 is 22.1 Å². The lowest BCUT2D eigenvalue weighted by atomic mass is 9.91. The van der Waals surface area contributed by atoms with Crippen LogP contribution in [-0.4, -0.2) is 58.6 Å². The number of aliphatic carboxylic acids is 1. The summed E-state index contributed by atoms with van der Waals surface area (Å²) in [5.41, 5.74) is 3.18. The van der Waals surface area contributed by atoms with Gasteiger partial charge in [-0.05, 0) is 31.1 Å². The summed E-state index contributed by atoms with van der Waals surface area (Å²) in [7, 11) is -4.86. The summed E-state index contributed by atoms with van der Waals surface area (Å²) >= 11 is 0. The first-order valence-electron chi connectivity index (χ1n) is 17.7. The Balaban J connectivity index is 4.73. The summed E-state index contributed by atoms with van der Waals surface area (Å²) in [4.78, 5) is 24.7. The molecule has 3 atom stereocenters. The lowest BCUT2D eigenvalue weighted by Crippen LogP contribution is -2.65. The Kier molecular flexibility index (Phi) is 24.7. The molecule has 0 radical (unpaired) electrons. The zero-order chi connectivity index (χ0) is 34.1. The molecule has 0 aromatic heterocycles. The number of hydrogen-bond acceptors (Lipinski definition) is 7. The van der Waals surface area contributed by atoms with Gasteiger partial charge in [-0.1, -0.05) is 149 Å². The van der Waals surface area contributed by atoms with E-state index in [1.807, 2.05) is 0 Å². The zero-order valence-corrected chi connectivity index (χ0v) is 29.7. The van der Waals surface area contributed by atoms with Crippen molar-refractivity contribution < 1.29 is 37.5 Å². The van der Waals surface area contributed by atoms with Gasteiger partial charge < -0.3 is 20.7 Å². The second-order valence-corrected chi connectivity index (χ2v) is 15.3. The fourth-order valence-electron chi connectivity index (χ4n) is 5.52. The van der Waals surface area contributed by atoms with Gasteiger partial charge in [-0.15, -0.1) is 0 Å². The Morgan fingerprint density at radius 1 is 0.733 bits per heavy atom. The van der Waals surface area contributed by atoms with Crippen molar-refractivity contribution in [2.45, 2.75) is 180 Å². The molecule has 0 rings (SSSR count). The predicted molar refractivity (Wildman–Crippen MR) is 183 cm³/mol. The first kappa shape index (κ1) is 43.5. The monoisotopic (exact) mass is 661 g/mol. The summed E-state index contributed by atoms with van der Waals surface area (Å²) in [5.74, 6) is -2.47. The van der Waals surface area contributed by atoms with Crippen molar-refractivity contribution in [1.29, 1.82) is 0 Å². The van der Waals surface area contributed by atoms with Gasteiger partial charge in [0.2, 0.25) is 0 Å². The largest absolute Gasteiger partial charge is 0.480 e. The second kappa shape index (κ2) is 25.6. The minimum absolute atomic E-state index is 0.0125. The lowest BCUT2D eigenvalue weighted by Gasteiger charge is -2.34. The van der Waals surface area contributed by atoms with E-state index in [-0.39, 0.29) is 6.42 Å². The molecule has 0 bridgehead atoms. The smallest absolute Gasteiger partial charge is 0.328 e. The molecule has 0 aliphatic heterocycles. The zero-order valence-electron chi connectivity index (χ0n) is 28.9. The number of aliphatic hydroxyl groups excluding tert-OH is 1. The number of carboxylic acids is 1. The topological polar surface area (TPSA) is 164 Å². The lowest BCUT2D eigenvalue weighted by molar-refractivity contribution is -0.166. The number of carboxylic acid groups (broad SMARTS) is 1. The summed E-state index contributed by atoms with van der Waals surface area (Å²) in [6.07, 6.45) is 21.3. The maximum absolute atomic E-state index is 12.6. The average Bonchev–Trinajstić information content (AvgIpc) is 2.93. The summed E-state index contributed by atoms with van der Waals surface area (Å²) in [6.45, 7) is 8.99. The van der Waals surface area contributed by atoms with Crippen molar-refractivity contribution in [3.05, 3.63) is 12.2 Å². The molecule has 0 aromatic rings. The van der Waals surface area contributed by atoms with Gasteiger partial charge >= 0.3 is 11.9 Å². The summed E-state index contributed by atoms with van der Waals surface area (Å²) in [5, 5.41) is 20.6. The van der Waals surface area contributed by atoms with Crippen molar-refractivity contribution in [2.75, 3.05) is 5.75 Å². The van der Waals surface area contributed by atoms with Crippen molar-refractivity contribution in [3.8, 4) is 0 Å². The third-order valence-electron chi connectivity index (χ3n) is 8.29. The Bertz CT molecular complexity index is 905. The third-order valence-corrected chi connectivity index (χ3v) is 9.14. The Morgan fingerprint density at radius 2 is 1.13 bits per heavy atom. The maximum Gasteiger partial charge on any atom is 0.328 e. The van der Waals surface area contributed by atoms with Gasteiger partial charge in [0.25, 0.3) is 10.1 Å². The minimum atomic E-state index is -4.86. The van der Waals surface area contributed by atoms with E-state index in [2.05, 4.69) is 27.7 Å². The molecule has 5 N–H and O–H groups in total. The molecular formula is C35H67NO8S. The van der Waals surface area contributed by atoms with E-state index in [1.165, 1.54) is 76.7 Å². The van der Waals surface area contributed by atoms with Gasteiger partial charge in [0, 0.05) is 6.42 Å². The molecule has 0 saturated heterocycles. The fourth-order valence-corrected chi connectivity index (χ4v) is 6.41. The Morgan fingerprint density at radius 3 is 1.53 bits per heavy atom. The molecular weight excluding hydrogens is 594 g/mol. The Labute approximate surface area is 274 Å². The molecule has 0 aliphatic carbocycles. The molecule has 0 unspecified atom stereocenters. The first-order chi connectivity index (χ1) is 21.2. The van der Waals surface area contributed by atoms with E-state index in [1.54, 1.807) is 6.08 Å². The molecule has 45 heavy (non-hydrogen) atoms. The molecule has 0 heterocycles. The number of aliphatic hydroxyl groups is 1. The van der Waals surface area contributed by atoms with E-state index in [0.29, 0.717) is 12.8 Å². The number of nitrogens with two attached hydrogens (primary N) is 1. The van der Waals surface area contributed by atoms with Crippen LogP contribution in [0.1, 0.15) is 163 Å². The van der Waals surface area contributed by atoms with Gasteiger partial charge in [0.05, 0.1) is 0 Å². The predicted octanol–water partition coefficient (Wildman–Crippen LogP) is 7.99. The SMILES string of the molecule is CC(C)CCCCCCCCCC/C=C\[C@H](O)[C@@H](OC(=O)CCCCCCCCCCCC(C)C)[C@](N)(CS(=O)(=O)O)C(=O)O. The molecule has 266 valence electrons. The Hall–Kier alpha value is -1.49. The number of rotatable bonds is 30. The summed E-state index contributed by atoms with van der Waals surface area (Å²) < 4.78 is 37.9. The number of esters is 1. The molecule has 9 nitrogen and oxygen atoms in total. The van der Waals surface area contributed by atoms with Crippen LogP contribution in [0.4, 0.5) is 0 Å². The normalized spacial score (nSPS) is 15.0. The molecule has 0 fully saturated rings. The maximum atomic E-state index is 12.6. The van der Waals surface area contributed by atoms with Crippen LogP contribution in [-0.2, 0) is 24.4 Å². The molecule has 10 heteroatoms. The highest BCUT2D eigenvalue weighted by Crippen LogP contribution is 2.22. The number of carbonyl (C=O) groups excluding carboxylic acids is 1. The quantitative estimate of drug-likeness (QED) is 0.0258. The average molecular weight is 662 g/mol. The van der Waals surface area contributed by atoms with E-state index in [4.69, 9.17) is 10.5 Å². The van der Waals surface area contributed by atoms with E-state index in [0.717, 1.165) is 56.8 Å². The van der Waals surface area contributed by atoms with Gasteiger partial charge in [0.15, 0.2) is 11.6 Å². The van der Waals surface area contributed by atoms with E-state index in [9.17, 15) is 32.8 Å². The van der Waals surface area contributed by atoms with Gasteiger partial charge in [-0.2, -0.15) is 8.42 Å². The van der Waals surface area contributed by atoms with Crippen LogP contribution in [0.25, 0.3) is 0 Å². The van der Waals surface area contributed by atoms with E-state index < -0.39 is 45.6 Å². The number of ether oxygens (including phenoxy) is 1. The number of unbranched alkanes of at least 4 members (excludes halogenated alkanes) is 16. The van der Waals surface area contributed by atoms with Gasteiger partial charge in [-0.25, -0.2) is 0 Å². The van der Waals surface area contributed by atoms with E-state index >= 15 is 0 Å². The van der Waals surface area contributed by atoms with Crippen molar-refractivity contribution in [2.24, 2.45) is 17.6 Å². The molecule has 0 aromatic carbocycles. The molecule has 0 aliphatic rings. The first-order valence-corrected chi connectivity index (χ1v) is 19.3. The molecule has 0 saturated carbocycles. The van der Waals surface area contributed by atoms with Gasteiger partial charge in [-0.3, -0.25) is 14.1 Å². The molecule has 0 spiro atoms. The minimum Gasteiger partial charge on any atom is -0.480 e. The third kappa shape index (κ3) is 24.4. The number of hydrogen-bond donors (Lipinski definition) is 4. The van der Waals surface area contributed by atoms with Crippen LogP contribution in [0.15, 0.2) is 12.2 Å². The van der Waals surface area contributed by atoms with Crippen LogP contribution in [0, 0.1) is 11.8 Å². The highest BCUT2D eigenvalue weighted by Gasteiger charge is 2.51. The summed E-state index contributed by atoms with van der Waals surface area (Å²) in [6, 6.07) is 0. The van der Waals surface area contributed by atoms with Crippen molar-refractivity contribution in [3.63, 3.8) is 0 Å². The molecule has 0 amide bonds. The van der Waals surface area contributed by atoms with Crippen LogP contribution < -0.4 is 5.73 Å². The fraction of sp³-hybridized carbons (Fsp3) is 0.886. The van der Waals surface area contributed by atoms with Crippen molar-refractivity contribution in [1.82, 2.24) is 0 Å². The second-order valence-electron chi connectivity index (χ2n) is 13.8. The van der Waals surface area contributed by atoms with Gasteiger partial charge in [0.1, 0.15) is 11.9 Å². The highest BCUT2D eigenvalue weighted by atomic mass is 32.2. The number of allylic oxidation sites excluding steroid dienone is 1. The van der Waals surface area contributed by atoms with Crippen LogP contribution in [0.5, 0.6) is 0 Å². The standard InChI is InChI=1S/C35H67NO8S/c1-29(2)24-20-16-12-8-5-6-10-14-18-22-26-31(37)33(35(36,34(39)40)28-45(41,42)43)44-32(38)27-23-19-15-11-7-9-13-17-21-25-30(3)4/h22,26,29-31,33,37H,5-21,23-25,27-28,36H2,1-4H3,(H,39,40)(H,41,42,43)/b26-22-/t31-,33+,35+/m0/s1. The van der Waals surface area contributed by atoms with Crippen LogP contribution in [0.3, 0.4) is 0 Å². The number of carbonyl (C=O) groups is 2. The van der Waals surface area contributed by atoms with Crippen LogP contribution in [0.2, 0.25) is 0 Å². The highest BCUT2D eigenvalue weighted by molar-refractivity contribution is 7.85.